The lowest BCUT2D eigenvalue weighted by atomic mass is 9.95. The lowest BCUT2D eigenvalue weighted by Crippen LogP contribution is -2.28. The number of fused-ring (bicyclic) bond motifs is 3. The molecule has 4 rings (SSSR count). The zero-order valence-corrected chi connectivity index (χ0v) is 13.5. The van der Waals surface area contributed by atoms with Crippen molar-refractivity contribution in [3.63, 3.8) is 0 Å². The van der Waals surface area contributed by atoms with Gasteiger partial charge in [-0.15, -0.1) is 0 Å². The molecular formula is C19H17N3O2. The molecule has 1 aromatic heterocycles. The molecule has 1 aliphatic heterocycles. The molecule has 3 aromatic rings. The Balaban J connectivity index is 2.02. The lowest BCUT2D eigenvalue weighted by molar-refractivity contribution is -0.136. The summed E-state index contributed by atoms with van der Waals surface area (Å²) in [4.78, 5) is 17.1. The van der Waals surface area contributed by atoms with Crippen molar-refractivity contribution in [3.8, 4) is 0 Å². The first kappa shape index (κ1) is 14.5. The first-order chi connectivity index (χ1) is 11.7. The minimum Gasteiger partial charge on any atom is -0.466 e. The van der Waals surface area contributed by atoms with Crippen LogP contribution in [0.3, 0.4) is 0 Å². The number of benzene rings is 2. The van der Waals surface area contributed by atoms with Crippen molar-refractivity contribution in [1.29, 1.82) is 0 Å². The molecule has 1 unspecified atom stereocenters. The second-order valence-corrected chi connectivity index (χ2v) is 5.76. The third-order valence-corrected chi connectivity index (χ3v) is 4.35. The minimum absolute atomic E-state index is 0.276. The van der Waals surface area contributed by atoms with E-state index in [-0.39, 0.29) is 12.0 Å². The number of hydrogen-bond acceptors (Lipinski definition) is 4. The van der Waals surface area contributed by atoms with Gasteiger partial charge in [0.25, 0.3) is 0 Å². The Morgan fingerprint density at radius 2 is 1.83 bits per heavy atom. The van der Waals surface area contributed by atoms with Crippen LogP contribution in [0.1, 0.15) is 18.5 Å². The fourth-order valence-corrected chi connectivity index (χ4v) is 3.29. The van der Waals surface area contributed by atoms with Gasteiger partial charge in [-0.3, -0.25) is 4.57 Å². The first-order valence-electron chi connectivity index (χ1n) is 7.78. The summed E-state index contributed by atoms with van der Waals surface area (Å²) in [5.41, 5.74) is 4.24. The zero-order chi connectivity index (χ0) is 16.7. The van der Waals surface area contributed by atoms with Gasteiger partial charge in [-0.25, -0.2) is 9.78 Å². The van der Waals surface area contributed by atoms with Crippen molar-refractivity contribution in [3.05, 3.63) is 71.4 Å². The smallest absolute Gasteiger partial charge is 0.337 e. The quantitative estimate of drug-likeness (QED) is 0.735. The molecule has 0 spiro atoms. The van der Waals surface area contributed by atoms with Gasteiger partial charge in [0.15, 0.2) is 0 Å². The topological polar surface area (TPSA) is 56.1 Å². The first-order valence-corrected chi connectivity index (χ1v) is 7.78. The fraction of sp³-hybridized carbons (Fsp3) is 0.158. The highest BCUT2D eigenvalue weighted by molar-refractivity contribution is 5.94. The highest BCUT2D eigenvalue weighted by Gasteiger charge is 2.34. The standard InChI is InChI=1S/C19H17N3O2/c1-12-16(18(23)24-2)17(13-8-4-3-5-9-13)22-15-11-7-6-10-14(15)21-19(22)20-12/h3-11,17H,1-2H3,(H,20,21). The van der Waals surface area contributed by atoms with E-state index in [0.29, 0.717) is 5.57 Å². The fourth-order valence-electron chi connectivity index (χ4n) is 3.29. The van der Waals surface area contributed by atoms with E-state index in [1.54, 1.807) is 0 Å². The molecule has 1 N–H and O–H groups in total. The maximum atomic E-state index is 12.5. The van der Waals surface area contributed by atoms with Gasteiger partial charge < -0.3 is 10.1 Å². The van der Waals surface area contributed by atoms with E-state index < -0.39 is 0 Å². The lowest BCUT2D eigenvalue weighted by Gasteiger charge is -2.29. The third kappa shape index (κ3) is 2.09. The van der Waals surface area contributed by atoms with E-state index in [2.05, 4.69) is 14.9 Å². The van der Waals surface area contributed by atoms with E-state index in [4.69, 9.17) is 4.74 Å². The molecule has 2 aromatic carbocycles. The highest BCUT2D eigenvalue weighted by atomic mass is 16.5. The summed E-state index contributed by atoms with van der Waals surface area (Å²) < 4.78 is 7.10. The normalized spacial score (nSPS) is 16.7. The summed E-state index contributed by atoms with van der Waals surface area (Å²) >= 11 is 0. The molecule has 1 aliphatic rings. The Morgan fingerprint density at radius 1 is 1.12 bits per heavy atom. The molecule has 0 aliphatic carbocycles. The summed E-state index contributed by atoms with van der Waals surface area (Å²) in [5.74, 6) is 0.396. The zero-order valence-electron chi connectivity index (χ0n) is 13.5. The van der Waals surface area contributed by atoms with Crippen molar-refractivity contribution in [1.82, 2.24) is 9.55 Å². The van der Waals surface area contributed by atoms with Gasteiger partial charge in [0.2, 0.25) is 5.95 Å². The summed E-state index contributed by atoms with van der Waals surface area (Å²) in [5, 5.41) is 3.24. The number of nitrogens with zero attached hydrogens (tertiary/aromatic N) is 2. The van der Waals surface area contributed by atoms with Crippen LogP contribution in [0.2, 0.25) is 0 Å². The van der Waals surface area contributed by atoms with Gasteiger partial charge in [0, 0.05) is 5.70 Å². The van der Waals surface area contributed by atoms with Crippen LogP contribution in [-0.4, -0.2) is 22.6 Å². The van der Waals surface area contributed by atoms with E-state index >= 15 is 0 Å². The molecular weight excluding hydrogens is 302 g/mol. The number of methoxy groups -OCH3 is 1. The van der Waals surface area contributed by atoms with E-state index in [1.165, 1.54) is 7.11 Å². The molecule has 0 fully saturated rings. The Labute approximate surface area is 139 Å². The highest BCUT2D eigenvalue weighted by Crippen LogP contribution is 2.39. The number of carbonyl (C=O) groups is 1. The maximum Gasteiger partial charge on any atom is 0.337 e. The number of allylic oxidation sites excluding steroid dienone is 1. The SMILES string of the molecule is COC(=O)C1=C(C)Nc2nc3ccccc3n2C1c1ccccc1. The third-order valence-electron chi connectivity index (χ3n) is 4.35. The molecule has 1 atom stereocenters. The van der Waals surface area contributed by atoms with Gasteiger partial charge in [0.1, 0.15) is 0 Å². The Hall–Kier alpha value is -3.08. The average molecular weight is 319 g/mol. The van der Waals surface area contributed by atoms with Crippen LogP contribution in [0.25, 0.3) is 11.0 Å². The van der Waals surface area contributed by atoms with Crippen LogP contribution in [-0.2, 0) is 9.53 Å². The Kier molecular flexibility index (Phi) is 3.34. The number of aromatic nitrogens is 2. The number of carbonyl (C=O) groups excluding carboxylic acids is 1. The van der Waals surface area contributed by atoms with Gasteiger partial charge in [-0.2, -0.15) is 0 Å². The van der Waals surface area contributed by atoms with Crippen molar-refractivity contribution >= 4 is 23.0 Å². The minimum atomic E-state index is -0.336. The second-order valence-electron chi connectivity index (χ2n) is 5.76. The Bertz CT molecular complexity index is 957. The largest absolute Gasteiger partial charge is 0.466 e. The second kappa shape index (κ2) is 5.53. The number of imidazole rings is 1. The van der Waals surface area contributed by atoms with Gasteiger partial charge in [-0.05, 0) is 24.6 Å². The molecule has 2 heterocycles. The number of ether oxygens (including phenoxy) is 1. The summed E-state index contributed by atoms with van der Waals surface area (Å²) in [7, 11) is 1.41. The van der Waals surface area contributed by atoms with Crippen LogP contribution in [0, 0.1) is 0 Å². The predicted octanol–water partition coefficient (Wildman–Crippen LogP) is 3.50. The van der Waals surface area contributed by atoms with Crippen LogP contribution in [0.4, 0.5) is 5.95 Å². The van der Waals surface area contributed by atoms with Crippen LogP contribution >= 0.6 is 0 Å². The van der Waals surface area contributed by atoms with Crippen molar-refractivity contribution in [2.75, 3.05) is 12.4 Å². The van der Waals surface area contributed by atoms with Gasteiger partial charge in [0.05, 0.1) is 29.8 Å². The van der Waals surface area contributed by atoms with Crippen molar-refractivity contribution in [2.24, 2.45) is 0 Å². The summed E-state index contributed by atoms with van der Waals surface area (Å²) in [6.45, 7) is 1.88. The van der Waals surface area contributed by atoms with Crippen LogP contribution in [0.15, 0.2) is 65.9 Å². The molecule has 24 heavy (non-hydrogen) atoms. The van der Waals surface area contributed by atoms with E-state index in [9.17, 15) is 4.79 Å². The molecule has 0 saturated heterocycles. The number of nitrogens with one attached hydrogen (secondary N) is 1. The molecule has 5 nitrogen and oxygen atoms in total. The van der Waals surface area contributed by atoms with Crippen molar-refractivity contribution < 1.29 is 9.53 Å². The number of rotatable bonds is 2. The summed E-state index contributed by atoms with van der Waals surface area (Å²) in [6.07, 6.45) is 0. The number of hydrogen-bond donors (Lipinski definition) is 1. The van der Waals surface area contributed by atoms with Crippen LogP contribution in [0.5, 0.6) is 0 Å². The summed E-state index contributed by atoms with van der Waals surface area (Å²) in [6, 6.07) is 17.6. The molecule has 0 amide bonds. The molecule has 0 bridgehead atoms. The van der Waals surface area contributed by atoms with Crippen molar-refractivity contribution in [2.45, 2.75) is 13.0 Å². The number of anilines is 1. The molecule has 120 valence electrons. The van der Waals surface area contributed by atoms with E-state index in [1.807, 2.05) is 61.5 Å². The van der Waals surface area contributed by atoms with Crippen LogP contribution < -0.4 is 5.32 Å². The average Bonchev–Trinajstić information content (AvgIpc) is 2.98. The van der Waals surface area contributed by atoms with Gasteiger partial charge in [-0.1, -0.05) is 42.5 Å². The number of para-hydroxylation sites is 2. The number of esters is 1. The maximum absolute atomic E-state index is 12.5. The Morgan fingerprint density at radius 3 is 2.58 bits per heavy atom. The van der Waals surface area contributed by atoms with E-state index in [0.717, 1.165) is 28.2 Å². The molecule has 0 saturated carbocycles. The van der Waals surface area contributed by atoms with Gasteiger partial charge >= 0.3 is 5.97 Å². The monoisotopic (exact) mass is 319 g/mol. The molecule has 5 heteroatoms. The molecule has 0 radical (unpaired) electrons. The predicted molar refractivity (Wildman–Crippen MR) is 92.7 cm³/mol.